The maximum Gasteiger partial charge on any atom is 0.139 e. The normalized spacial score (nSPS) is 16.1. The molecule has 0 radical (unpaired) electrons. The number of hydrogen-bond acceptors (Lipinski definition) is 5. The molecule has 1 N–H and O–H groups in total. The van der Waals surface area contributed by atoms with Crippen molar-refractivity contribution in [3.63, 3.8) is 0 Å². The molecule has 4 aromatic rings. The van der Waals surface area contributed by atoms with Crippen LogP contribution >= 0.6 is 11.3 Å². The number of anilines is 1. The van der Waals surface area contributed by atoms with Gasteiger partial charge in [-0.2, -0.15) is 0 Å². The maximum atomic E-state index is 5.79. The van der Waals surface area contributed by atoms with Crippen molar-refractivity contribution in [1.82, 2.24) is 9.97 Å². The molecule has 0 saturated carbocycles. The van der Waals surface area contributed by atoms with Gasteiger partial charge in [-0.3, -0.25) is 0 Å². The van der Waals surface area contributed by atoms with Crippen molar-refractivity contribution in [3.8, 4) is 16.9 Å². The first kappa shape index (κ1) is 15.3. The van der Waals surface area contributed by atoms with E-state index < -0.39 is 0 Å². The van der Waals surface area contributed by atoms with Crippen LogP contribution in [-0.4, -0.2) is 16.6 Å². The Kier molecular flexibility index (Phi) is 3.79. The zero-order chi connectivity index (χ0) is 17.3. The van der Waals surface area contributed by atoms with E-state index in [9.17, 15) is 0 Å². The van der Waals surface area contributed by atoms with Gasteiger partial charge in [-0.05, 0) is 11.6 Å². The van der Waals surface area contributed by atoms with E-state index >= 15 is 0 Å². The van der Waals surface area contributed by atoms with E-state index in [1.807, 2.05) is 18.2 Å². The number of ether oxygens (including phenoxy) is 1. The molecule has 0 spiro atoms. The molecular weight excluding hydrogens is 342 g/mol. The van der Waals surface area contributed by atoms with E-state index in [2.05, 4.69) is 57.1 Å². The van der Waals surface area contributed by atoms with Gasteiger partial charge in [-0.1, -0.05) is 48.5 Å². The van der Waals surface area contributed by atoms with Crippen LogP contribution in [0.15, 0.2) is 66.3 Å². The zero-order valence-corrected chi connectivity index (χ0v) is 14.9. The van der Waals surface area contributed by atoms with Gasteiger partial charge in [-0.25, -0.2) is 9.97 Å². The predicted octanol–water partition coefficient (Wildman–Crippen LogP) is 5.29. The molecule has 0 bridgehead atoms. The number of para-hydroxylation sites is 1. The van der Waals surface area contributed by atoms with E-state index in [4.69, 9.17) is 4.74 Å². The van der Waals surface area contributed by atoms with Crippen LogP contribution in [0.25, 0.3) is 21.3 Å². The second-order valence-corrected chi connectivity index (χ2v) is 7.15. The number of benzene rings is 2. The highest BCUT2D eigenvalue weighted by molar-refractivity contribution is 7.17. The van der Waals surface area contributed by atoms with Crippen LogP contribution in [0.4, 0.5) is 5.82 Å². The Bertz CT molecular complexity index is 1060. The molecule has 0 aliphatic carbocycles. The first-order valence-electron chi connectivity index (χ1n) is 8.66. The smallest absolute Gasteiger partial charge is 0.139 e. The molecule has 26 heavy (non-hydrogen) atoms. The van der Waals surface area contributed by atoms with Crippen LogP contribution in [0.3, 0.4) is 0 Å². The van der Waals surface area contributed by atoms with Crippen LogP contribution in [0, 0.1) is 0 Å². The van der Waals surface area contributed by atoms with Gasteiger partial charge in [-0.15, -0.1) is 11.3 Å². The van der Waals surface area contributed by atoms with Crippen molar-refractivity contribution in [1.29, 1.82) is 0 Å². The van der Waals surface area contributed by atoms with Crippen molar-refractivity contribution in [2.24, 2.45) is 0 Å². The lowest BCUT2D eigenvalue weighted by atomic mass is 10.00. The second kappa shape index (κ2) is 6.42. The fraction of sp³-hybridized carbons (Fsp3) is 0.143. The third-order valence-corrected chi connectivity index (χ3v) is 5.61. The topological polar surface area (TPSA) is 47.0 Å². The predicted molar refractivity (Wildman–Crippen MR) is 106 cm³/mol. The highest BCUT2D eigenvalue weighted by Gasteiger charge is 2.23. The average molecular weight is 359 g/mol. The van der Waals surface area contributed by atoms with Crippen molar-refractivity contribution in [2.45, 2.75) is 12.5 Å². The molecule has 2 aromatic carbocycles. The van der Waals surface area contributed by atoms with Crippen molar-refractivity contribution in [2.75, 3.05) is 11.9 Å². The Morgan fingerprint density at radius 1 is 1.00 bits per heavy atom. The lowest BCUT2D eigenvalue weighted by molar-refractivity contribution is 0.274. The van der Waals surface area contributed by atoms with E-state index in [0.29, 0.717) is 6.61 Å². The number of hydrogen-bond donors (Lipinski definition) is 1. The van der Waals surface area contributed by atoms with Gasteiger partial charge in [0, 0.05) is 22.9 Å². The molecule has 5 heteroatoms. The molecule has 0 amide bonds. The van der Waals surface area contributed by atoms with Crippen LogP contribution in [-0.2, 0) is 0 Å². The number of aromatic nitrogens is 2. The van der Waals surface area contributed by atoms with Crippen LogP contribution in [0.2, 0.25) is 0 Å². The lowest BCUT2D eigenvalue weighted by Gasteiger charge is -2.27. The number of thiophene rings is 1. The third kappa shape index (κ3) is 2.61. The summed E-state index contributed by atoms with van der Waals surface area (Å²) >= 11 is 1.65. The standard InChI is InChI=1S/C21H17N3OS/c1-2-6-14(7-3-1)16-12-26-21-19(16)20(22-13-23-21)24-17-10-11-25-18-9-5-4-8-15(17)18/h1-9,12-13,17H,10-11H2,(H,22,23,24). The molecule has 1 aliphatic heterocycles. The fourth-order valence-corrected chi connectivity index (χ4v) is 4.39. The maximum absolute atomic E-state index is 5.79. The number of fused-ring (bicyclic) bond motifs is 2. The van der Waals surface area contributed by atoms with Crippen LogP contribution in [0.1, 0.15) is 18.0 Å². The Hall–Kier alpha value is -2.92. The van der Waals surface area contributed by atoms with Gasteiger partial charge in [0.2, 0.25) is 0 Å². The van der Waals surface area contributed by atoms with E-state index in [1.54, 1.807) is 17.7 Å². The monoisotopic (exact) mass is 359 g/mol. The molecular formula is C21H17N3OS. The quantitative estimate of drug-likeness (QED) is 0.540. The van der Waals surface area contributed by atoms with Crippen molar-refractivity contribution >= 4 is 27.4 Å². The Morgan fingerprint density at radius 3 is 2.77 bits per heavy atom. The highest BCUT2D eigenvalue weighted by Crippen LogP contribution is 2.39. The minimum atomic E-state index is 0.182. The summed E-state index contributed by atoms with van der Waals surface area (Å²) in [5, 5.41) is 6.91. The van der Waals surface area contributed by atoms with Gasteiger partial charge < -0.3 is 10.1 Å². The second-order valence-electron chi connectivity index (χ2n) is 6.29. The average Bonchev–Trinajstić information content (AvgIpc) is 3.14. The first-order chi connectivity index (χ1) is 12.9. The van der Waals surface area contributed by atoms with Gasteiger partial charge in [0.1, 0.15) is 22.7 Å². The zero-order valence-electron chi connectivity index (χ0n) is 14.1. The molecule has 1 atom stereocenters. The number of nitrogens with zero attached hydrogens (tertiary/aromatic N) is 2. The Labute approximate surface area is 155 Å². The minimum Gasteiger partial charge on any atom is -0.493 e. The van der Waals surface area contributed by atoms with Crippen molar-refractivity contribution in [3.05, 3.63) is 71.9 Å². The summed E-state index contributed by atoms with van der Waals surface area (Å²) in [6, 6.07) is 18.8. The largest absolute Gasteiger partial charge is 0.493 e. The molecule has 5 rings (SSSR count). The molecule has 128 valence electrons. The van der Waals surface area contributed by atoms with E-state index in [1.165, 1.54) is 16.7 Å². The molecule has 1 aliphatic rings. The lowest BCUT2D eigenvalue weighted by Crippen LogP contribution is -2.20. The summed E-state index contributed by atoms with van der Waals surface area (Å²) in [5.74, 6) is 1.84. The summed E-state index contributed by atoms with van der Waals surface area (Å²) in [6.45, 7) is 0.706. The van der Waals surface area contributed by atoms with Gasteiger partial charge in [0.15, 0.2) is 0 Å². The van der Waals surface area contributed by atoms with Crippen molar-refractivity contribution < 1.29 is 4.74 Å². The molecule has 0 saturated heterocycles. The number of nitrogens with one attached hydrogen (secondary N) is 1. The summed E-state index contributed by atoms with van der Waals surface area (Å²) in [5.41, 5.74) is 3.54. The Balaban J connectivity index is 1.59. The number of rotatable bonds is 3. The highest BCUT2D eigenvalue weighted by atomic mass is 32.1. The molecule has 2 aromatic heterocycles. The molecule has 1 unspecified atom stereocenters. The summed E-state index contributed by atoms with van der Waals surface area (Å²) < 4.78 is 5.79. The molecule has 0 fully saturated rings. The van der Waals surface area contributed by atoms with Gasteiger partial charge >= 0.3 is 0 Å². The molecule has 3 heterocycles. The van der Waals surface area contributed by atoms with E-state index in [-0.39, 0.29) is 6.04 Å². The van der Waals surface area contributed by atoms with Crippen LogP contribution in [0.5, 0.6) is 5.75 Å². The minimum absolute atomic E-state index is 0.182. The Morgan fingerprint density at radius 2 is 1.85 bits per heavy atom. The summed E-state index contributed by atoms with van der Waals surface area (Å²) in [7, 11) is 0. The SMILES string of the molecule is c1ccc(-c2csc3ncnc(NC4CCOc5ccccc54)c23)cc1. The van der Waals surface area contributed by atoms with E-state index in [0.717, 1.165) is 28.2 Å². The fourth-order valence-electron chi connectivity index (χ4n) is 3.47. The van der Waals surface area contributed by atoms with Gasteiger partial charge in [0.25, 0.3) is 0 Å². The molecule has 4 nitrogen and oxygen atoms in total. The van der Waals surface area contributed by atoms with Crippen LogP contribution < -0.4 is 10.1 Å². The summed E-state index contributed by atoms with van der Waals surface area (Å²) in [4.78, 5) is 10.0. The summed E-state index contributed by atoms with van der Waals surface area (Å²) in [6.07, 6.45) is 2.55. The first-order valence-corrected chi connectivity index (χ1v) is 9.54. The van der Waals surface area contributed by atoms with Gasteiger partial charge in [0.05, 0.1) is 18.0 Å². The third-order valence-electron chi connectivity index (χ3n) is 4.72.